The number of hydrogen-bond acceptors (Lipinski definition) is 6. The number of ether oxygens (including phenoxy) is 1. The maximum absolute atomic E-state index is 14.0. The smallest absolute Gasteiger partial charge is 0.308 e. The number of anilines is 1. The van der Waals surface area contributed by atoms with Gasteiger partial charge in [0, 0.05) is 63.2 Å². The van der Waals surface area contributed by atoms with Gasteiger partial charge in [-0.1, -0.05) is 37.6 Å². The second-order valence-electron chi connectivity index (χ2n) is 11.5. The molecule has 0 saturated carbocycles. The standard InChI is InChI=1S/C32H42N4O5/c1-2-3-14-36(25-7-4-6-22(17-25)19-33)30(38)21-35-20-26(23-9-10-28-24(18-23)12-16-41-28)31(32(39)40)27(35)11-15-34-13-5-8-29(34)37/h4,6-7,9-10,17-18,26-27,31H,2-3,5,8,11-16,19-21,33H2,1H3,(H,39,40)/t26-,27+,31?/m1/s1. The summed E-state index contributed by atoms with van der Waals surface area (Å²) in [6.45, 7) is 5.49. The van der Waals surface area contributed by atoms with Crippen LogP contribution < -0.4 is 15.4 Å². The maximum atomic E-state index is 14.0. The van der Waals surface area contributed by atoms with E-state index in [4.69, 9.17) is 10.5 Å². The lowest BCUT2D eigenvalue weighted by atomic mass is 9.83. The molecule has 3 atom stereocenters. The Morgan fingerprint density at radius 3 is 2.76 bits per heavy atom. The Labute approximate surface area is 242 Å². The number of nitrogens with zero attached hydrogens (tertiary/aromatic N) is 3. The van der Waals surface area contributed by atoms with Gasteiger partial charge in [0.05, 0.1) is 19.1 Å². The third kappa shape index (κ3) is 6.41. The van der Waals surface area contributed by atoms with Gasteiger partial charge in [-0.15, -0.1) is 0 Å². The summed E-state index contributed by atoms with van der Waals surface area (Å²) in [7, 11) is 0. The summed E-state index contributed by atoms with van der Waals surface area (Å²) < 4.78 is 5.69. The summed E-state index contributed by atoms with van der Waals surface area (Å²) in [4.78, 5) is 44.9. The largest absolute Gasteiger partial charge is 0.493 e. The van der Waals surface area contributed by atoms with Crippen molar-refractivity contribution in [2.45, 2.75) is 64.0 Å². The molecule has 41 heavy (non-hydrogen) atoms. The number of carbonyl (C=O) groups is 3. The SMILES string of the molecule is CCCCN(C(=O)CN1C[C@H](c2ccc3c(c2)CCO3)C(C(=O)O)[C@@H]1CCN1CCCC1=O)c1cccc(CN)c1. The number of carboxylic acids is 1. The lowest BCUT2D eigenvalue weighted by Gasteiger charge is -2.31. The summed E-state index contributed by atoms with van der Waals surface area (Å²) in [5, 5.41) is 10.5. The van der Waals surface area contributed by atoms with Crippen LogP contribution in [0.25, 0.3) is 0 Å². The van der Waals surface area contributed by atoms with Gasteiger partial charge >= 0.3 is 5.97 Å². The molecule has 1 unspecified atom stereocenters. The molecular formula is C32H42N4O5. The van der Waals surface area contributed by atoms with Gasteiger partial charge in [0.2, 0.25) is 11.8 Å². The number of carboxylic acid groups (broad SMARTS) is 1. The minimum Gasteiger partial charge on any atom is -0.493 e. The van der Waals surface area contributed by atoms with Crippen molar-refractivity contribution in [1.82, 2.24) is 9.80 Å². The van der Waals surface area contributed by atoms with Crippen LogP contribution in [0, 0.1) is 5.92 Å². The van der Waals surface area contributed by atoms with Gasteiger partial charge in [0.1, 0.15) is 5.75 Å². The fraction of sp³-hybridized carbons (Fsp3) is 0.531. The molecule has 5 rings (SSSR count). The molecular weight excluding hydrogens is 520 g/mol. The number of fused-ring (bicyclic) bond motifs is 1. The third-order valence-electron chi connectivity index (χ3n) is 8.87. The lowest BCUT2D eigenvalue weighted by Crippen LogP contribution is -2.45. The van der Waals surface area contributed by atoms with Crippen LogP contribution >= 0.6 is 0 Å². The molecule has 2 amide bonds. The van der Waals surface area contributed by atoms with Gasteiger partial charge in [0.25, 0.3) is 0 Å². The van der Waals surface area contributed by atoms with Crippen LogP contribution in [-0.2, 0) is 27.3 Å². The van der Waals surface area contributed by atoms with Gasteiger partial charge in [-0.05, 0) is 54.2 Å². The van der Waals surface area contributed by atoms with E-state index in [0.717, 1.165) is 53.8 Å². The molecule has 2 aromatic rings. The topological polar surface area (TPSA) is 116 Å². The fourth-order valence-corrected chi connectivity index (χ4v) is 6.68. The summed E-state index contributed by atoms with van der Waals surface area (Å²) >= 11 is 0. The Kier molecular flexibility index (Phi) is 9.25. The van der Waals surface area contributed by atoms with Crippen molar-refractivity contribution in [3.05, 3.63) is 59.2 Å². The number of aliphatic carboxylic acids is 1. The van der Waals surface area contributed by atoms with Crippen molar-refractivity contribution in [2.24, 2.45) is 11.7 Å². The zero-order valence-corrected chi connectivity index (χ0v) is 24.0. The summed E-state index contributed by atoms with van der Waals surface area (Å²) in [6.07, 6.45) is 4.51. The van der Waals surface area contributed by atoms with Gasteiger partial charge < -0.3 is 25.4 Å². The van der Waals surface area contributed by atoms with E-state index in [1.807, 2.05) is 46.2 Å². The Balaban J connectivity index is 1.43. The predicted molar refractivity (Wildman–Crippen MR) is 157 cm³/mol. The average Bonchev–Trinajstić information content (AvgIpc) is 3.70. The van der Waals surface area contributed by atoms with Crippen molar-refractivity contribution in [1.29, 1.82) is 0 Å². The monoisotopic (exact) mass is 562 g/mol. The number of rotatable bonds is 12. The first-order valence-electron chi connectivity index (χ1n) is 15.0. The lowest BCUT2D eigenvalue weighted by molar-refractivity contribution is -0.143. The summed E-state index contributed by atoms with van der Waals surface area (Å²) in [5.74, 6) is -0.889. The van der Waals surface area contributed by atoms with Crippen molar-refractivity contribution in [3.8, 4) is 5.75 Å². The van der Waals surface area contributed by atoms with Crippen LogP contribution in [0.1, 0.15) is 61.6 Å². The van der Waals surface area contributed by atoms with Gasteiger partial charge in [-0.2, -0.15) is 0 Å². The molecule has 0 radical (unpaired) electrons. The molecule has 9 nitrogen and oxygen atoms in total. The Hall–Kier alpha value is -3.43. The number of amides is 2. The minimum absolute atomic E-state index is 0.0537. The first-order valence-corrected chi connectivity index (χ1v) is 15.0. The van der Waals surface area contributed by atoms with Crippen molar-refractivity contribution in [2.75, 3.05) is 44.2 Å². The normalized spacial score (nSPS) is 22.1. The molecule has 0 bridgehead atoms. The molecule has 0 spiro atoms. The maximum Gasteiger partial charge on any atom is 0.308 e. The number of likely N-dealkylation sites (tertiary alicyclic amines) is 2. The Morgan fingerprint density at radius 2 is 2.02 bits per heavy atom. The van der Waals surface area contributed by atoms with Crippen LogP contribution in [-0.4, -0.2) is 78.1 Å². The highest BCUT2D eigenvalue weighted by Gasteiger charge is 2.47. The highest BCUT2D eigenvalue weighted by Crippen LogP contribution is 2.41. The predicted octanol–water partition coefficient (Wildman–Crippen LogP) is 3.39. The second-order valence-corrected chi connectivity index (χ2v) is 11.5. The van der Waals surface area contributed by atoms with E-state index in [1.165, 1.54) is 0 Å². The van der Waals surface area contributed by atoms with Crippen LogP contribution in [0.2, 0.25) is 0 Å². The van der Waals surface area contributed by atoms with Gasteiger partial charge in [-0.25, -0.2) is 0 Å². The number of hydrogen-bond donors (Lipinski definition) is 2. The van der Waals surface area contributed by atoms with E-state index in [2.05, 4.69) is 17.9 Å². The van der Waals surface area contributed by atoms with Gasteiger partial charge in [0.15, 0.2) is 0 Å². The van der Waals surface area contributed by atoms with E-state index in [0.29, 0.717) is 52.2 Å². The van der Waals surface area contributed by atoms with E-state index in [9.17, 15) is 19.5 Å². The molecule has 3 aliphatic rings. The molecule has 220 valence electrons. The van der Waals surface area contributed by atoms with Crippen molar-refractivity contribution in [3.63, 3.8) is 0 Å². The van der Waals surface area contributed by atoms with Crippen molar-refractivity contribution < 1.29 is 24.2 Å². The molecule has 9 heteroatoms. The average molecular weight is 563 g/mol. The first-order chi connectivity index (χ1) is 19.9. The third-order valence-corrected chi connectivity index (χ3v) is 8.87. The number of carbonyl (C=O) groups excluding carboxylic acids is 2. The van der Waals surface area contributed by atoms with Crippen LogP contribution in [0.3, 0.4) is 0 Å². The number of unbranched alkanes of at least 4 members (excludes halogenated alkanes) is 1. The van der Waals surface area contributed by atoms with E-state index < -0.39 is 11.9 Å². The zero-order valence-electron chi connectivity index (χ0n) is 24.0. The van der Waals surface area contributed by atoms with Crippen LogP contribution in [0.5, 0.6) is 5.75 Å². The molecule has 2 aromatic carbocycles. The fourth-order valence-electron chi connectivity index (χ4n) is 6.68. The van der Waals surface area contributed by atoms with Gasteiger partial charge in [-0.3, -0.25) is 19.3 Å². The number of benzene rings is 2. The molecule has 3 aliphatic heterocycles. The molecule has 0 aliphatic carbocycles. The number of nitrogens with two attached hydrogens (primary N) is 1. The Bertz CT molecular complexity index is 1270. The zero-order chi connectivity index (χ0) is 28.9. The highest BCUT2D eigenvalue weighted by molar-refractivity contribution is 5.95. The molecule has 3 N–H and O–H groups in total. The van der Waals surface area contributed by atoms with Crippen LogP contribution in [0.15, 0.2) is 42.5 Å². The minimum atomic E-state index is -0.863. The quantitative estimate of drug-likeness (QED) is 0.407. The molecule has 3 heterocycles. The highest BCUT2D eigenvalue weighted by atomic mass is 16.5. The van der Waals surface area contributed by atoms with E-state index in [-0.39, 0.29) is 30.3 Å². The molecule has 2 fully saturated rings. The summed E-state index contributed by atoms with van der Waals surface area (Å²) in [6, 6.07) is 13.4. The molecule has 0 aromatic heterocycles. The van der Waals surface area contributed by atoms with E-state index >= 15 is 0 Å². The van der Waals surface area contributed by atoms with E-state index in [1.54, 1.807) is 0 Å². The summed E-state index contributed by atoms with van der Waals surface area (Å²) in [5.41, 5.74) is 9.73. The van der Waals surface area contributed by atoms with Crippen LogP contribution in [0.4, 0.5) is 5.69 Å². The first kappa shape index (κ1) is 29.1. The second kappa shape index (κ2) is 13.0. The molecule has 2 saturated heterocycles. The Morgan fingerprint density at radius 1 is 1.17 bits per heavy atom. The van der Waals surface area contributed by atoms with Crippen molar-refractivity contribution >= 4 is 23.5 Å².